The van der Waals surface area contributed by atoms with E-state index < -0.39 is 0 Å². The van der Waals surface area contributed by atoms with Crippen LogP contribution in [0.15, 0.2) is 11.6 Å². The third kappa shape index (κ3) is 4.80. The minimum atomic E-state index is -0.204. The van der Waals surface area contributed by atoms with Gasteiger partial charge in [0.2, 0.25) is 5.91 Å². The summed E-state index contributed by atoms with van der Waals surface area (Å²) in [5, 5.41) is 5.83. The number of carbonyl (C=O) groups is 1. The van der Waals surface area contributed by atoms with E-state index >= 15 is 0 Å². The molecule has 2 unspecified atom stereocenters. The Kier molecular flexibility index (Phi) is 6.10. The first-order chi connectivity index (χ1) is 8.17. The monoisotopic (exact) mass is 257 g/mol. The number of ether oxygens (including phenoxy) is 1. The molecule has 1 heterocycles. The number of nitrogens with one attached hydrogen (secondary N) is 1. The highest BCUT2D eigenvalue weighted by molar-refractivity contribution is 7.09. The van der Waals surface area contributed by atoms with E-state index in [1.165, 1.54) is 0 Å². The van der Waals surface area contributed by atoms with Gasteiger partial charge in [-0.15, -0.1) is 11.3 Å². The second-order valence-corrected chi connectivity index (χ2v) is 4.80. The Labute approximate surface area is 105 Å². The molecule has 0 aliphatic carbocycles. The molecule has 0 radical (unpaired) electrons. The van der Waals surface area contributed by atoms with Gasteiger partial charge in [0.1, 0.15) is 0 Å². The fourth-order valence-electron chi connectivity index (χ4n) is 1.37. The zero-order chi connectivity index (χ0) is 12.7. The van der Waals surface area contributed by atoms with Crippen LogP contribution >= 0.6 is 11.3 Å². The van der Waals surface area contributed by atoms with E-state index in [0.29, 0.717) is 19.5 Å². The fourth-order valence-corrected chi connectivity index (χ4v) is 2.07. The van der Waals surface area contributed by atoms with Gasteiger partial charge in [-0.1, -0.05) is 6.92 Å². The average molecular weight is 257 g/mol. The molecule has 3 N–H and O–H groups in total. The van der Waals surface area contributed by atoms with Gasteiger partial charge in [0, 0.05) is 37.7 Å². The highest BCUT2D eigenvalue weighted by atomic mass is 32.1. The molecule has 0 aliphatic rings. The van der Waals surface area contributed by atoms with Crippen molar-refractivity contribution >= 4 is 17.2 Å². The van der Waals surface area contributed by atoms with Crippen LogP contribution in [0.1, 0.15) is 24.3 Å². The maximum Gasteiger partial charge on any atom is 0.222 e. The van der Waals surface area contributed by atoms with Gasteiger partial charge < -0.3 is 15.8 Å². The lowest BCUT2D eigenvalue weighted by Gasteiger charge is -2.14. The van der Waals surface area contributed by atoms with Crippen molar-refractivity contribution in [2.24, 2.45) is 5.73 Å². The van der Waals surface area contributed by atoms with Gasteiger partial charge in [0.25, 0.3) is 0 Å². The molecule has 0 fully saturated rings. The normalized spacial score (nSPS) is 14.3. The molecular weight excluding hydrogens is 238 g/mol. The fraction of sp³-hybridized carbons (Fsp3) is 0.636. The van der Waals surface area contributed by atoms with Crippen LogP contribution in [0, 0.1) is 0 Å². The van der Waals surface area contributed by atoms with Gasteiger partial charge in [0.05, 0.1) is 17.5 Å². The molecule has 0 aliphatic heterocycles. The Morgan fingerprint density at radius 3 is 3.00 bits per heavy atom. The summed E-state index contributed by atoms with van der Waals surface area (Å²) in [6, 6.07) is 0. The first-order valence-corrected chi connectivity index (χ1v) is 6.44. The lowest BCUT2D eigenvalue weighted by Crippen LogP contribution is -2.33. The minimum Gasteiger partial charge on any atom is -0.380 e. The molecular formula is C11H19N3O2S. The number of hydrogen-bond donors (Lipinski definition) is 2. The Balaban J connectivity index is 2.28. The molecule has 5 nitrogen and oxygen atoms in total. The summed E-state index contributed by atoms with van der Waals surface area (Å²) >= 11 is 1.60. The highest BCUT2D eigenvalue weighted by Gasteiger charge is 2.13. The molecule has 17 heavy (non-hydrogen) atoms. The van der Waals surface area contributed by atoms with Crippen molar-refractivity contribution in [1.82, 2.24) is 10.3 Å². The summed E-state index contributed by atoms with van der Waals surface area (Å²) in [6.45, 7) is 2.98. The van der Waals surface area contributed by atoms with Crippen LogP contribution in [0.25, 0.3) is 0 Å². The molecule has 0 saturated heterocycles. The third-order valence-electron chi connectivity index (χ3n) is 2.49. The molecule has 0 saturated carbocycles. The Bertz CT molecular complexity index is 325. The maximum atomic E-state index is 11.6. The van der Waals surface area contributed by atoms with E-state index in [1.807, 2.05) is 12.3 Å². The number of thiazole rings is 1. The summed E-state index contributed by atoms with van der Waals surface area (Å²) in [6.07, 6.45) is 1.87. The molecule has 1 aromatic heterocycles. The van der Waals surface area contributed by atoms with Crippen LogP contribution in [-0.2, 0) is 9.53 Å². The van der Waals surface area contributed by atoms with Crippen molar-refractivity contribution in [2.75, 3.05) is 20.2 Å². The number of amides is 1. The van der Waals surface area contributed by atoms with Crippen molar-refractivity contribution in [3.05, 3.63) is 16.6 Å². The largest absolute Gasteiger partial charge is 0.380 e. The molecule has 2 atom stereocenters. The van der Waals surface area contributed by atoms with Crippen LogP contribution in [0.2, 0.25) is 0 Å². The summed E-state index contributed by atoms with van der Waals surface area (Å²) in [5.74, 6) is 0.198. The summed E-state index contributed by atoms with van der Waals surface area (Å²) in [4.78, 5) is 15.8. The van der Waals surface area contributed by atoms with E-state index in [9.17, 15) is 4.79 Å². The van der Waals surface area contributed by atoms with Gasteiger partial charge in [-0.25, -0.2) is 4.98 Å². The number of hydrogen-bond acceptors (Lipinski definition) is 5. The first-order valence-electron chi connectivity index (χ1n) is 5.56. The Hall–Kier alpha value is -0.980. The van der Waals surface area contributed by atoms with Crippen molar-refractivity contribution in [2.45, 2.75) is 25.4 Å². The average Bonchev–Trinajstić information content (AvgIpc) is 2.86. The molecule has 1 rings (SSSR count). The predicted octanol–water partition coefficient (Wildman–Crippen LogP) is 0.727. The smallest absolute Gasteiger partial charge is 0.222 e. The predicted molar refractivity (Wildman–Crippen MR) is 68.0 cm³/mol. The number of nitrogens with two attached hydrogens (primary N) is 1. The zero-order valence-corrected chi connectivity index (χ0v) is 11.0. The molecule has 1 aromatic rings. The van der Waals surface area contributed by atoms with Crippen molar-refractivity contribution < 1.29 is 9.53 Å². The van der Waals surface area contributed by atoms with Gasteiger partial charge in [0.15, 0.2) is 0 Å². The van der Waals surface area contributed by atoms with E-state index in [-0.39, 0.29) is 17.9 Å². The number of nitrogens with zero attached hydrogens (tertiary/aromatic N) is 1. The summed E-state index contributed by atoms with van der Waals surface area (Å²) in [5.41, 5.74) is 5.45. The molecule has 0 aromatic carbocycles. The third-order valence-corrected chi connectivity index (χ3v) is 3.49. The summed E-state index contributed by atoms with van der Waals surface area (Å²) < 4.78 is 5.05. The van der Waals surface area contributed by atoms with Crippen LogP contribution in [-0.4, -0.2) is 37.2 Å². The number of methoxy groups -OCH3 is 1. The van der Waals surface area contributed by atoms with Crippen LogP contribution in [0.4, 0.5) is 0 Å². The number of rotatable bonds is 7. The molecule has 0 spiro atoms. The molecule has 0 bridgehead atoms. The van der Waals surface area contributed by atoms with Gasteiger partial charge in [-0.3, -0.25) is 4.79 Å². The second-order valence-electron chi connectivity index (χ2n) is 3.87. The Morgan fingerprint density at radius 1 is 1.71 bits per heavy atom. The lowest BCUT2D eigenvalue weighted by molar-refractivity contribution is -0.123. The lowest BCUT2D eigenvalue weighted by atomic mass is 10.2. The van der Waals surface area contributed by atoms with Crippen molar-refractivity contribution in [1.29, 1.82) is 0 Å². The molecule has 1 amide bonds. The molecule has 6 heteroatoms. The van der Waals surface area contributed by atoms with E-state index in [4.69, 9.17) is 10.5 Å². The second kappa shape index (κ2) is 7.37. The SMILES string of the molecule is COC(CN)CC(=O)NCC(C)c1nccs1. The van der Waals surface area contributed by atoms with Gasteiger partial charge >= 0.3 is 0 Å². The van der Waals surface area contributed by atoms with E-state index in [1.54, 1.807) is 24.6 Å². The van der Waals surface area contributed by atoms with Gasteiger partial charge in [-0.05, 0) is 0 Å². The van der Waals surface area contributed by atoms with E-state index in [2.05, 4.69) is 10.3 Å². The van der Waals surface area contributed by atoms with Crippen LogP contribution in [0.3, 0.4) is 0 Å². The molecule has 96 valence electrons. The van der Waals surface area contributed by atoms with E-state index in [0.717, 1.165) is 5.01 Å². The maximum absolute atomic E-state index is 11.6. The van der Waals surface area contributed by atoms with Gasteiger partial charge in [-0.2, -0.15) is 0 Å². The van der Waals surface area contributed by atoms with Crippen molar-refractivity contribution in [3.8, 4) is 0 Å². The minimum absolute atomic E-state index is 0.0364. The van der Waals surface area contributed by atoms with Crippen LogP contribution in [0.5, 0.6) is 0 Å². The first kappa shape index (κ1) is 14.1. The van der Waals surface area contributed by atoms with Crippen molar-refractivity contribution in [3.63, 3.8) is 0 Å². The topological polar surface area (TPSA) is 77.2 Å². The quantitative estimate of drug-likeness (QED) is 0.755. The Morgan fingerprint density at radius 2 is 2.47 bits per heavy atom. The standard InChI is InChI=1S/C11H19N3O2S/c1-8(11-13-3-4-17-11)7-14-10(15)5-9(6-12)16-2/h3-4,8-9H,5-7,12H2,1-2H3,(H,14,15). The highest BCUT2D eigenvalue weighted by Crippen LogP contribution is 2.16. The zero-order valence-electron chi connectivity index (χ0n) is 10.2. The number of carbonyl (C=O) groups excluding carboxylic acids is 1. The number of aromatic nitrogens is 1. The van der Waals surface area contributed by atoms with Crippen LogP contribution < -0.4 is 11.1 Å². The summed E-state index contributed by atoms with van der Waals surface area (Å²) in [7, 11) is 1.56.